The molecule has 16 heavy (non-hydrogen) atoms. The third-order valence-corrected chi connectivity index (χ3v) is 2.89. The van der Waals surface area contributed by atoms with E-state index in [2.05, 4.69) is 5.32 Å². The van der Waals surface area contributed by atoms with Crippen LogP contribution in [0.15, 0.2) is 18.2 Å². The molecule has 2 rings (SSSR count). The van der Waals surface area contributed by atoms with Gasteiger partial charge in [-0.2, -0.15) is 0 Å². The van der Waals surface area contributed by atoms with Gasteiger partial charge >= 0.3 is 6.03 Å². The first-order chi connectivity index (χ1) is 7.66. The Morgan fingerprint density at radius 3 is 2.81 bits per heavy atom. The lowest BCUT2D eigenvalue weighted by Gasteiger charge is -2.14. The highest BCUT2D eigenvalue weighted by atomic mass is 35.5. The third kappa shape index (κ3) is 2.58. The summed E-state index contributed by atoms with van der Waals surface area (Å²) in [7, 11) is 0. The molecule has 86 valence electrons. The van der Waals surface area contributed by atoms with Gasteiger partial charge in [0.15, 0.2) is 0 Å². The summed E-state index contributed by atoms with van der Waals surface area (Å²) in [6, 6.07) is 4.61. The summed E-state index contributed by atoms with van der Waals surface area (Å²) >= 11 is 11.6. The smallest absolute Gasteiger partial charge is 0.306 e. The molecular weight excluding hydrogens is 251 g/mol. The summed E-state index contributed by atoms with van der Waals surface area (Å²) in [4.78, 5) is 16.7. The molecule has 0 aliphatic carbocycles. The number of amides is 2. The van der Waals surface area contributed by atoms with E-state index in [0.29, 0.717) is 28.9 Å². The number of anilines is 1. The van der Waals surface area contributed by atoms with Crippen molar-refractivity contribution in [2.45, 2.75) is 6.42 Å². The largest absolute Gasteiger partial charge is 0.345 e. The van der Waals surface area contributed by atoms with Crippen LogP contribution in [-0.4, -0.2) is 24.2 Å². The monoisotopic (exact) mass is 260 g/mol. The van der Waals surface area contributed by atoms with Crippen molar-refractivity contribution in [3.8, 4) is 0 Å². The van der Waals surface area contributed by atoms with E-state index in [1.165, 1.54) is 5.06 Å². The van der Waals surface area contributed by atoms with Gasteiger partial charge in [-0.15, -0.1) is 0 Å². The first kappa shape index (κ1) is 11.5. The first-order valence-corrected chi connectivity index (χ1v) is 5.59. The minimum Gasteiger partial charge on any atom is -0.306 e. The Bertz CT molecular complexity index is 406. The Kier molecular flexibility index (Phi) is 3.53. The van der Waals surface area contributed by atoms with Gasteiger partial charge in [-0.05, 0) is 24.6 Å². The summed E-state index contributed by atoms with van der Waals surface area (Å²) < 4.78 is 0. The Morgan fingerprint density at radius 2 is 2.19 bits per heavy atom. The highest BCUT2D eigenvalue weighted by Gasteiger charge is 2.19. The van der Waals surface area contributed by atoms with Crippen LogP contribution >= 0.6 is 23.2 Å². The number of nitrogens with one attached hydrogen (secondary N) is 1. The molecule has 0 aromatic heterocycles. The number of halogens is 2. The second-order valence-electron chi connectivity index (χ2n) is 3.35. The summed E-state index contributed by atoms with van der Waals surface area (Å²) in [6.07, 6.45) is 0.856. The predicted octanol–water partition coefficient (Wildman–Crippen LogP) is 3.16. The number of hydrogen-bond acceptors (Lipinski definition) is 2. The number of nitrogens with zero attached hydrogens (tertiary/aromatic N) is 1. The molecule has 0 saturated carbocycles. The number of rotatable bonds is 1. The van der Waals surface area contributed by atoms with Crippen LogP contribution in [0.5, 0.6) is 0 Å². The van der Waals surface area contributed by atoms with Crippen molar-refractivity contribution >= 4 is 34.9 Å². The minimum absolute atomic E-state index is 0.295. The van der Waals surface area contributed by atoms with Crippen molar-refractivity contribution in [1.29, 1.82) is 0 Å². The summed E-state index contributed by atoms with van der Waals surface area (Å²) in [6.45, 7) is 1.18. The second-order valence-corrected chi connectivity index (χ2v) is 4.16. The van der Waals surface area contributed by atoms with Gasteiger partial charge in [-0.1, -0.05) is 23.2 Å². The van der Waals surface area contributed by atoms with Crippen LogP contribution in [0, 0.1) is 0 Å². The van der Waals surface area contributed by atoms with Crippen molar-refractivity contribution in [3.05, 3.63) is 28.2 Å². The third-order valence-electron chi connectivity index (χ3n) is 2.15. The van der Waals surface area contributed by atoms with Crippen molar-refractivity contribution < 1.29 is 9.63 Å². The molecule has 1 aromatic rings. The highest BCUT2D eigenvalue weighted by Crippen LogP contribution is 2.25. The van der Waals surface area contributed by atoms with Crippen LogP contribution in [0.1, 0.15) is 6.42 Å². The van der Waals surface area contributed by atoms with Crippen molar-refractivity contribution in [2.75, 3.05) is 18.5 Å². The fraction of sp³-hybridized carbons (Fsp3) is 0.300. The Morgan fingerprint density at radius 1 is 1.38 bits per heavy atom. The molecule has 1 saturated heterocycles. The summed E-state index contributed by atoms with van der Waals surface area (Å²) in [5, 5.41) is 4.83. The lowest BCUT2D eigenvalue weighted by Crippen LogP contribution is -2.31. The molecule has 1 aliphatic rings. The quantitative estimate of drug-likeness (QED) is 0.843. The zero-order chi connectivity index (χ0) is 11.5. The number of benzene rings is 1. The zero-order valence-electron chi connectivity index (χ0n) is 8.37. The van der Waals surface area contributed by atoms with E-state index in [1.807, 2.05) is 0 Å². The SMILES string of the molecule is O=C(Nc1ccc(Cl)c(Cl)c1)N1CCCO1. The van der Waals surface area contributed by atoms with Crippen LogP contribution in [0.4, 0.5) is 10.5 Å². The van der Waals surface area contributed by atoms with Gasteiger partial charge in [-0.3, -0.25) is 4.84 Å². The number of hydrogen-bond donors (Lipinski definition) is 1. The Balaban J connectivity index is 2.02. The molecule has 0 spiro atoms. The van der Waals surface area contributed by atoms with Gasteiger partial charge in [-0.25, -0.2) is 9.86 Å². The molecule has 0 bridgehead atoms. The minimum atomic E-state index is -0.295. The molecule has 0 atom stereocenters. The van der Waals surface area contributed by atoms with Crippen molar-refractivity contribution in [1.82, 2.24) is 5.06 Å². The van der Waals surface area contributed by atoms with Crippen molar-refractivity contribution in [2.24, 2.45) is 0 Å². The van der Waals surface area contributed by atoms with E-state index < -0.39 is 0 Å². The van der Waals surface area contributed by atoms with Crippen LogP contribution < -0.4 is 5.32 Å². The molecule has 2 amide bonds. The molecule has 6 heteroatoms. The van der Waals surface area contributed by atoms with E-state index >= 15 is 0 Å². The maximum Gasteiger partial charge on any atom is 0.345 e. The van der Waals surface area contributed by atoms with E-state index in [-0.39, 0.29) is 6.03 Å². The zero-order valence-corrected chi connectivity index (χ0v) is 9.88. The maximum absolute atomic E-state index is 11.6. The molecule has 1 heterocycles. The molecule has 1 aliphatic heterocycles. The average Bonchev–Trinajstić information content (AvgIpc) is 2.77. The fourth-order valence-electron chi connectivity index (χ4n) is 1.37. The number of urea groups is 1. The topological polar surface area (TPSA) is 41.6 Å². The standard InChI is InChI=1S/C10H10Cl2N2O2/c11-8-3-2-7(6-9(8)12)13-10(15)14-4-1-5-16-14/h2-3,6H,1,4-5H2,(H,13,15). The van der Waals surface area contributed by atoms with E-state index in [9.17, 15) is 4.79 Å². The molecule has 4 nitrogen and oxygen atoms in total. The number of carbonyl (C=O) groups excluding carboxylic acids is 1. The number of hydroxylamine groups is 2. The highest BCUT2D eigenvalue weighted by molar-refractivity contribution is 6.42. The molecule has 0 unspecified atom stereocenters. The van der Waals surface area contributed by atoms with Gasteiger partial charge in [0.1, 0.15) is 0 Å². The van der Waals surface area contributed by atoms with Gasteiger partial charge < -0.3 is 5.32 Å². The summed E-state index contributed by atoms with van der Waals surface area (Å²) in [5.74, 6) is 0. The molecule has 1 fully saturated rings. The Hall–Kier alpha value is -0.970. The van der Waals surface area contributed by atoms with E-state index in [4.69, 9.17) is 28.0 Å². The van der Waals surface area contributed by atoms with Crippen molar-refractivity contribution in [3.63, 3.8) is 0 Å². The fourth-order valence-corrected chi connectivity index (χ4v) is 1.67. The van der Waals surface area contributed by atoms with E-state index in [1.54, 1.807) is 18.2 Å². The molecule has 0 radical (unpaired) electrons. The Labute approximate surface area is 103 Å². The van der Waals surface area contributed by atoms with Gasteiger partial charge in [0, 0.05) is 5.69 Å². The predicted molar refractivity (Wildman–Crippen MR) is 62.8 cm³/mol. The second kappa shape index (κ2) is 4.91. The average molecular weight is 261 g/mol. The lowest BCUT2D eigenvalue weighted by atomic mass is 10.3. The molecular formula is C10H10Cl2N2O2. The van der Waals surface area contributed by atoms with Crippen LogP contribution in [0.2, 0.25) is 10.0 Å². The van der Waals surface area contributed by atoms with Crippen LogP contribution in [0.25, 0.3) is 0 Å². The summed E-state index contributed by atoms with van der Waals surface area (Å²) in [5.41, 5.74) is 0.593. The normalized spacial score (nSPS) is 15.2. The molecule has 1 aromatic carbocycles. The number of carbonyl (C=O) groups is 1. The lowest BCUT2D eigenvalue weighted by molar-refractivity contribution is -0.0614. The van der Waals surface area contributed by atoms with Crippen LogP contribution in [-0.2, 0) is 4.84 Å². The molecule has 1 N–H and O–H groups in total. The first-order valence-electron chi connectivity index (χ1n) is 4.83. The van der Waals surface area contributed by atoms with Gasteiger partial charge in [0.05, 0.1) is 23.2 Å². The van der Waals surface area contributed by atoms with Gasteiger partial charge in [0.2, 0.25) is 0 Å². The van der Waals surface area contributed by atoms with E-state index in [0.717, 1.165) is 6.42 Å². The van der Waals surface area contributed by atoms with Gasteiger partial charge in [0.25, 0.3) is 0 Å². The maximum atomic E-state index is 11.6. The van der Waals surface area contributed by atoms with Crippen LogP contribution in [0.3, 0.4) is 0 Å².